The largest absolute Gasteiger partial charge is 0.484 e. The third-order valence-electron chi connectivity index (χ3n) is 4.59. The van der Waals surface area contributed by atoms with Crippen LogP contribution in [0.25, 0.3) is 0 Å². The van der Waals surface area contributed by atoms with Gasteiger partial charge in [-0.05, 0) is 61.2 Å². The molecule has 2 amide bonds. The Morgan fingerprint density at radius 1 is 1.17 bits per heavy atom. The first kappa shape index (κ1) is 24.2. The number of nitrogens with one attached hydrogen (secondary N) is 1. The van der Waals surface area contributed by atoms with E-state index in [2.05, 4.69) is 21.2 Å². The number of carbonyl (C=O) groups excluding carboxylic acids is 2. The van der Waals surface area contributed by atoms with E-state index in [-0.39, 0.29) is 18.4 Å². The van der Waals surface area contributed by atoms with Gasteiger partial charge in [0.05, 0.1) is 0 Å². The van der Waals surface area contributed by atoms with E-state index >= 15 is 0 Å². The highest BCUT2D eigenvalue weighted by Crippen LogP contribution is 2.21. The van der Waals surface area contributed by atoms with Gasteiger partial charge in [0.1, 0.15) is 11.8 Å². The zero-order valence-electron chi connectivity index (χ0n) is 17.7. The van der Waals surface area contributed by atoms with E-state index in [4.69, 9.17) is 16.3 Å². The Bertz CT molecular complexity index is 889. The molecule has 0 saturated carbocycles. The highest BCUT2D eigenvalue weighted by Gasteiger charge is 2.26. The third-order valence-corrected chi connectivity index (χ3v) is 5.50. The molecule has 0 aliphatic rings. The second-order valence-electron chi connectivity index (χ2n) is 7.67. The summed E-state index contributed by atoms with van der Waals surface area (Å²) in [6, 6.07) is 12.3. The van der Waals surface area contributed by atoms with Gasteiger partial charge in [0.2, 0.25) is 5.91 Å². The molecule has 0 aromatic heterocycles. The molecule has 30 heavy (non-hydrogen) atoms. The molecule has 0 aliphatic carbocycles. The Kier molecular flexibility index (Phi) is 9.18. The molecule has 5 nitrogen and oxygen atoms in total. The van der Waals surface area contributed by atoms with Gasteiger partial charge in [0.25, 0.3) is 5.91 Å². The second kappa shape index (κ2) is 11.4. The number of ether oxygens (including phenoxy) is 1. The first-order chi connectivity index (χ1) is 14.2. The standard InChI is InChI=1S/C23H28BrClN2O3/c1-15(2)12-26-23(29)17(4)27(13-18-6-5-7-19(24)11-18)22(28)14-30-20-8-9-21(25)16(3)10-20/h5-11,15,17H,12-14H2,1-4H3,(H,26,29)/t17-/m0/s1. The average molecular weight is 496 g/mol. The van der Waals surface area contributed by atoms with Crippen molar-refractivity contribution in [1.29, 1.82) is 0 Å². The predicted molar refractivity (Wildman–Crippen MR) is 124 cm³/mol. The molecule has 0 saturated heterocycles. The van der Waals surface area contributed by atoms with Crippen LogP contribution in [0.3, 0.4) is 0 Å². The van der Waals surface area contributed by atoms with Gasteiger partial charge in [-0.15, -0.1) is 0 Å². The number of halogens is 2. The fourth-order valence-corrected chi connectivity index (χ4v) is 3.37. The summed E-state index contributed by atoms with van der Waals surface area (Å²) in [5.74, 6) is 0.431. The topological polar surface area (TPSA) is 58.6 Å². The zero-order valence-corrected chi connectivity index (χ0v) is 20.1. The van der Waals surface area contributed by atoms with Crippen LogP contribution in [-0.2, 0) is 16.1 Å². The predicted octanol–water partition coefficient (Wildman–Crippen LogP) is 4.98. The molecule has 0 spiro atoms. The van der Waals surface area contributed by atoms with E-state index in [1.165, 1.54) is 0 Å². The minimum absolute atomic E-state index is 0.170. The zero-order chi connectivity index (χ0) is 22.3. The van der Waals surface area contributed by atoms with Gasteiger partial charge < -0.3 is 15.0 Å². The van der Waals surface area contributed by atoms with Crippen molar-refractivity contribution in [2.45, 2.75) is 40.3 Å². The Morgan fingerprint density at radius 3 is 2.53 bits per heavy atom. The maximum atomic E-state index is 13.0. The van der Waals surface area contributed by atoms with Crippen molar-refractivity contribution in [2.24, 2.45) is 5.92 Å². The second-order valence-corrected chi connectivity index (χ2v) is 8.99. The molecular weight excluding hydrogens is 468 g/mol. The first-order valence-electron chi connectivity index (χ1n) is 9.88. The number of aryl methyl sites for hydroxylation is 1. The molecule has 1 atom stereocenters. The normalized spacial score (nSPS) is 11.8. The number of nitrogens with zero attached hydrogens (tertiary/aromatic N) is 1. The van der Waals surface area contributed by atoms with Crippen LogP contribution in [0.5, 0.6) is 5.75 Å². The first-order valence-corrected chi connectivity index (χ1v) is 11.0. The summed E-state index contributed by atoms with van der Waals surface area (Å²) in [5, 5.41) is 3.54. The minimum atomic E-state index is -0.634. The molecule has 0 radical (unpaired) electrons. The number of amides is 2. The molecule has 0 unspecified atom stereocenters. The van der Waals surface area contributed by atoms with Crippen molar-refractivity contribution >= 4 is 39.3 Å². The summed E-state index contributed by atoms with van der Waals surface area (Å²) in [6.45, 7) is 8.35. The molecule has 7 heteroatoms. The Balaban J connectivity index is 2.14. The smallest absolute Gasteiger partial charge is 0.261 e. The molecule has 162 valence electrons. The summed E-state index contributed by atoms with van der Waals surface area (Å²) < 4.78 is 6.60. The lowest BCUT2D eigenvalue weighted by molar-refractivity contribution is -0.142. The van der Waals surface area contributed by atoms with Crippen LogP contribution in [0.15, 0.2) is 46.9 Å². The van der Waals surface area contributed by atoms with E-state index in [1.54, 1.807) is 30.0 Å². The lowest BCUT2D eigenvalue weighted by Gasteiger charge is -2.29. The van der Waals surface area contributed by atoms with Gasteiger partial charge >= 0.3 is 0 Å². The highest BCUT2D eigenvalue weighted by molar-refractivity contribution is 9.10. The van der Waals surface area contributed by atoms with Crippen LogP contribution in [0, 0.1) is 12.8 Å². The van der Waals surface area contributed by atoms with Gasteiger partial charge in [-0.2, -0.15) is 0 Å². The fraction of sp³-hybridized carbons (Fsp3) is 0.391. The molecule has 0 heterocycles. The van der Waals surface area contributed by atoms with Crippen LogP contribution >= 0.6 is 27.5 Å². The molecular formula is C23H28BrClN2O3. The molecule has 0 aliphatic heterocycles. The van der Waals surface area contributed by atoms with Crippen molar-refractivity contribution in [2.75, 3.05) is 13.2 Å². The monoisotopic (exact) mass is 494 g/mol. The highest BCUT2D eigenvalue weighted by atomic mass is 79.9. The summed E-state index contributed by atoms with van der Waals surface area (Å²) in [6.07, 6.45) is 0. The van der Waals surface area contributed by atoms with E-state index in [0.29, 0.717) is 29.8 Å². The van der Waals surface area contributed by atoms with Crippen LogP contribution in [0.2, 0.25) is 5.02 Å². The summed E-state index contributed by atoms with van der Waals surface area (Å²) in [5.41, 5.74) is 1.79. The van der Waals surface area contributed by atoms with Crippen molar-refractivity contribution in [3.05, 3.63) is 63.1 Å². The maximum absolute atomic E-state index is 13.0. The molecule has 0 fully saturated rings. The molecule has 2 aromatic carbocycles. The van der Waals surface area contributed by atoms with Gasteiger partial charge in [0, 0.05) is 22.6 Å². The van der Waals surface area contributed by atoms with E-state index in [0.717, 1.165) is 15.6 Å². The van der Waals surface area contributed by atoms with Crippen LogP contribution < -0.4 is 10.1 Å². The van der Waals surface area contributed by atoms with Crippen molar-refractivity contribution in [3.63, 3.8) is 0 Å². The minimum Gasteiger partial charge on any atom is -0.484 e. The lowest BCUT2D eigenvalue weighted by atomic mass is 10.1. The van der Waals surface area contributed by atoms with Crippen molar-refractivity contribution in [1.82, 2.24) is 10.2 Å². The van der Waals surface area contributed by atoms with Gasteiger partial charge in [-0.25, -0.2) is 0 Å². The number of hydrogen-bond donors (Lipinski definition) is 1. The fourth-order valence-electron chi connectivity index (χ4n) is 2.80. The molecule has 0 bridgehead atoms. The number of benzene rings is 2. The van der Waals surface area contributed by atoms with E-state index < -0.39 is 6.04 Å². The van der Waals surface area contributed by atoms with E-state index in [9.17, 15) is 9.59 Å². The third kappa shape index (κ3) is 7.33. The average Bonchev–Trinajstić information content (AvgIpc) is 2.70. The quantitative estimate of drug-likeness (QED) is 0.534. The maximum Gasteiger partial charge on any atom is 0.261 e. The van der Waals surface area contributed by atoms with E-state index in [1.807, 2.05) is 45.0 Å². The Hall–Kier alpha value is -2.05. The van der Waals surface area contributed by atoms with Gasteiger partial charge in [-0.1, -0.05) is 53.5 Å². The van der Waals surface area contributed by atoms with Crippen LogP contribution in [-0.4, -0.2) is 35.9 Å². The van der Waals surface area contributed by atoms with Gasteiger partial charge in [-0.3, -0.25) is 9.59 Å². The summed E-state index contributed by atoms with van der Waals surface area (Å²) >= 11 is 9.50. The SMILES string of the molecule is Cc1cc(OCC(=O)N(Cc2cccc(Br)c2)[C@@H](C)C(=O)NCC(C)C)ccc1Cl. The lowest BCUT2D eigenvalue weighted by Crippen LogP contribution is -2.49. The van der Waals surface area contributed by atoms with Crippen LogP contribution in [0.1, 0.15) is 31.9 Å². The molecule has 2 rings (SSSR count). The van der Waals surface area contributed by atoms with Crippen molar-refractivity contribution < 1.29 is 14.3 Å². The summed E-state index contributed by atoms with van der Waals surface area (Å²) in [7, 11) is 0. The molecule has 1 N–H and O–H groups in total. The van der Waals surface area contributed by atoms with Gasteiger partial charge in [0.15, 0.2) is 6.61 Å². The van der Waals surface area contributed by atoms with Crippen molar-refractivity contribution in [3.8, 4) is 5.75 Å². The van der Waals surface area contributed by atoms with Crippen LogP contribution in [0.4, 0.5) is 0 Å². The summed E-state index contributed by atoms with van der Waals surface area (Å²) in [4.78, 5) is 27.2. The number of rotatable bonds is 9. The number of carbonyl (C=O) groups is 2. The molecule has 2 aromatic rings. The Morgan fingerprint density at radius 2 is 1.90 bits per heavy atom. The Labute approximate surface area is 191 Å². The number of hydrogen-bond acceptors (Lipinski definition) is 3.